The van der Waals surface area contributed by atoms with E-state index in [1.807, 2.05) is 12.1 Å². The van der Waals surface area contributed by atoms with Crippen LogP contribution in [-0.2, 0) is 10.7 Å². The molecule has 0 aliphatic heterocycles. The Balaban J connectivity index is 2.28. The van der Waals surface area contributed by atoms with Crippen LogP contribution in [0, 0.1) is 0 Å². The number of alkyl halides is 3. The van der Waals surface area contributed by atoms with Crippen LogP contribution in [0.1, 0.15) is 53.6 Å². The zero-order valence-electron chi connectivity index (χ0n) is 10.7. The molecular formula is C15H17Br3O. The molecular weight excluding hydrogens is 436 g/mol. The second-order valence-corrected chi connectivity index (χ2v) is 7.75. The molecule has 1 aromatic rings. The standard InChI is InChI=1S/C15H17Br3O/c16-9-12-5-4-11(8-13(12)10-17)14(19)15(18)6-2-1-3-7-15/h4-5,8H,1-3,6-7,9-10H2. The summed E-state index contributed by atoms with van der Waals surface area (Å²) in [4.78, 5) is 12.7. The second-order valence-electron chi connectivity index (χ2n) is 5.11. The highest BCUT2D eigenvalue weighted by Crippen LogP contribution is 2.39. The maximum absolute atomic E-state index is 12.7. The van der Waals surface area contributed by atoms with Crippen LogP contribution in [0.2, 0.25) is 0 Å². The first-order chi connectivity index (χ1) is 9.10. The molecule has 1 nitrogen and oxygen atoms in total. The Morgan fingerprint density at radius 3 is 2.26 bits per heavy atom. The first-order valence-corrected chi connectivity index (χ1v) is 9.62. The summed E-state index contributed by atoms with van der Waals surface area (Å²) in [6.45, 7) is 0. The number of ketones is 1. The average Bonchev–Trinajstić information content (AvgIpc) is 2.46. The lowest BCUT2D eigenvalue weighted by Crippen LogP contribution is -2.34. The number of hydrogen-bond donors (Lipinski definition) is 0. The molecule has 104 valence electrons. The molecule has 0 heterocycles. The summed E-state index contributed by atoms with van der Waals surface area (Å²) < 4.78 is -0.329. The Hall–Kier alpha value is 0.330. The summed E-state index contributed by atoms with van der Waals surface area (Å²) >= 11 is 10.7. The predicted octanol–water partition coefficient (Wildman–Crippen LogP) is 5.76. The number of rotatable bonds is 4. The van der Waals surface area contributed by atoms with Crippen molar-refractivity contribution in [1.29, 1.82) is 0 Å². The van der Waals surface area contributed by atoms with Crippen LogP contribution in [0.15, 0.2) is 18.2 Å². The van der Waals surface area contributed by atoms with Crippen molar-refractivity contribution in [3.63, 3.8) is 0 Å². The molecule has 1 aliphatic rings. The van der Waals surface area contributed by atoms with Crippen LogP contribution >= 0.6 is 47.8 Å². The van der Waals surface area contributed by atoms with E-state index in [2.05, 4.69) is 53.9 Å². The molecule has 4 heteroatoms. The van der Waals surface area contributed by atoms with E-state index in [1.165, 1.54) is 17.5 Å². The smallest absolute Gasteiger partial charge is 0.179 e. The minimum absolute atomic E-state index is 0.246. The topological polar surface area (TPSA) is 17.1 Å². The van der Waals surface area contributed by atoms with E-state index >= 15 is 0 Å². The van der Waals surface area contributed by atoms with Crippen LogP contribution in [0.25, 0.3) is 0 Å². The Labute approximate surface area is 139 Å². The molecule has 0 N–H and O–H groups in total. The Kier molecular flexibility index (Phi) is 5.67. The van der Waals surface area contributed by atoms with Crippen molar-refractivity contribution in [3.05, 3.63) is 34.9 Å². The van der Waals surface area contributed by atoms with Gasteiger partial charge in [0.1, 0.15) is 0 Å². The van der Waals surface area contributed by atoms with Crippen LogP contribution < -0.4 is 0 Å². The molecule has 19 heavy (non-hydrogen) atoms. The van der Waals surface area contributed by atoms with Crippen molar-refractivity contribution < 1.29 is 4.79 Å². The normalized spacial score (nSPS) is 18.3. The van der Waals surface area contributed by atoms with Crippen LogP contribution in [-0.4, -0.2) is 10.1 Å². The van der Waals surface area contributed by atoms with Gasteiger partial charge in [0.15, 0.2) is 5.78 Å². The molecule has 0 aromatic heterocycles. The van der Waals surface area contributed by atoms with Gasteiger partial charge in [0.05, 0.1) is 4.32 Å². The van der Waals surface area contributed by atoms with Gasteiger partial charge in [-0.25, -0.2) is 0 Å². The third kappa shape index (κ3) is 3.51. The number of carbonyl (C=O) groups is 1. The maximum Gasteiger partial charge on any atom is 0.179 e. The van der Waals surface area contributed by atoms with E-state index in [0.29, 0.717) is 0 Å². The molecule has 1 aliphatic carbocycles. The van der Waals surface area contributed by atoms with E-state index in [9.17, 15) is 4.79 Å². The number of carbonyl (C=O) groups excluding carboxylic acids is 1. The molecule has 1 saturated carbocycles. The minimum Gasteiger partial charge on any atom is -0.293 e. The second kappa shape index (κ2) is 6.86. The van der Waals surface area contributed by atoms with Gasteiger partial charge in [-0.1, -0.05) is 79.2 Å². The molecule has 0 saturated heterocycles. The molecule has 0 atom stereocenters. The van der Waals surface area contributed by atoms with Gasteiger partial charge < -0.3 is 0 Å². The summed E-state index contributed by atoms with van der Waals surface area (Å²) in [5.74, 6) is 0.246. The van der Waals surface area contributed by atoms with Gasteiger partial charge in [-0.05, 0) is 30.0 Å². The third-order valence-corrected chi connectivity index (χ3v) is 6.17. The van der Waals surface area contributed by atoms with E-state index in [-0.39, 0.29) is 10.1 Å². The summed E-state index contributed by atoms with van der Waals surface area (Å²) in [6, 6.07) is 6.05. The van der Waals surface area contributed by atoms with Crippen molar-refractivity contribution in [2.75, 3.05) is 0 Å². The third-order valence-electron chi connectivity index (χ3n) is 3.81. The number of benzene rings is 1. The average molecular weight is 453 g/mol. The van der Waals surface area contributed by atoms with Gasteiger partial charge in [0.2, 0.25) is 0 Å². The molecule has 2 rings (SSSR count). The lowest BCUT2D eigenvalue weighted by atomic mass is 9.83. The summed E-state index contributed by atoms with van der Waals surface area (Å²) in [5, 5.41) is 1.60. The van der Waals surface area contributed by atoms with E-state index in [1.54, 1.807) is 0 Å². The first kappa shape index (κ1) is 15.7. The molecule has 0 radical (unpaired) electrons. The van der Waals surface area contributed by atoms with E-state index in [0.717, 1.165) is 41.9 Å². The van der Waals surface area contributed by atoms with Gasteiger partial charge in [0.25, 0.3) is 0 Å². The fraction of sp³-hybridized carbons (Fsp3) is 0.533. The monoisotopic (exact) mass is 450 g/mol. The fourth-order valence-electron chi connectivity index (χ4n) is 2.62. The van der Waals surface area contributed by atoms with Crippen molar-refractivity contribution in [3.8, 4) is 0 Å². The fourth-order valence-corrected chi connectivity index (χ4v) is 4.48. The predicted molar refractivity (Wildman–Crippen MR) is 90.8 cm³/mol. The van der Waals surface area contributed by atoms with Crippen LogP contribution in [0.4, 0.5) is 0 Å². The molecule has 1 aromatic carbocycles. The van der Waals surface area contributed by atoms with E-state index in [4.69, 9.17) is 0 Å². The van der Waals surface area contributed by atoms with Gasteiger partial charge in [-0.2, -0.15) is 0 Å². The van der Waals surface area contributed by atoms with Gasteiger partial charge in [0, 0.05) is 16.2 Å². The summed E-state index contributed by atoms with van der Waals surface area (Å²) in [7, 11) is 0. The zero-order valence-corrected chi connectivity index (χ0v) is 15.5. The maximum atomic E-state index is 12.7. The van der Waals surface area contributed by atoms with E-state index < -0.39 is 0 Å². The highest BCUT2D eigenvalue weighted by molar-refractivity contribution is 9.10. The molecule has 0 bridgehead atoms. The SMILES string of the molecule is O=C(c1ccc(CBr)c(CBr)c1)C1(Br)CCCCC1. The van der Waals surface area contributed by atoms with Gasteiger partial charge in [-0.3, -0.25) is 4.79 Å². The van der Waals surface area contributed by atoms with Crippen molar-refractivity contribution in [1.82, 2.24) is 0 Å². The summed E-state index contributed by atoms with van der Waals surface area (Å²) in [6.07, 6.45) is 5.44. The van der Waals surface area contributed by atoms with Crippen molar-refractivity contribution in [2.24, 2.45) is 0 Å². The van der Waals surface area contributed by atoms with Gasteiger partial charge in [-0.15, -0.1) is 0 Å². The Bertz CT molecular complexity index is 464. The number of halogens is 3. The first-order valence-electron chi connectivity index (χ1n) is 6.58. The van der Waals surface area contributed by atoms with Crippen LogP contribution in [0.3, 0.4) is 0 Å². The van der Waals surface area contributed by atoms with Gasteiger partial charge >= 0.3 is 0 Å². The molecule has 1 fully saturated rings. The minimum atomic E-state index is -0.329. The Morgan fingerprint density at radius 1 is 1.05 bits per heavy atom. The largest absolute Gasteiger partial charge is 0.293 e. The molecule has 0 amide bonds. The quantitative estimate of drug-likeness (QED) is 0.419. The molecule has 0 spiro atoms. The Morgan fingerprint density at radius 2 is 1.68 bits per heavy atom. The summed E-state index contributed by atoms with van der Waals surface area (Å²) in [5.41, 5.74) is 3.26. The lowest BCUT2D eigenvalue weighted by Gasteiger charge is -2.30. The number of Topliss-reactive ketones (excluding diaryl/α,β-unsaturated/α-hetero) is 1. The number of hydrogen-bond acceptors (Lipinski definition) is 1. The highest BCUT2D eigenvalue weighted by Gasteiger charge is 2.37. The van der Waals surface area contributed by atoms with Crippen LogP contribution in [0.5, 0.6) is 0 Å². The van der Waals surface area contributed by atoms with Crippen molar-refractivity contribution >= 4 is 53.6 Å². The lowest BCUT2D eigenvalue weighted by molar-refractivity contribution is 0.0923. The zero-order chi connectivity index (χ0) is 13.9. The molecule has 0 unspecified atom stereocenters. The van der Waals surface area contributed by atoms with Crippen molar-refractivity contribution in [2.45, 2.75) is 47.1 Å². The highest BCUT2D eigenvalue weighted by atomic mass is 79.9.